The van der Waals surface area contributed by atoms with E-state index in [0.29, 0.717) is 0 Å². The highest BCUT2D eigenvalue weighted by atomic mass is 28.3. The lowest BCUT2D eigenvalue weighted by atomic mass is 11.3. The molecule has 0 aromatic carbocycles. The summed E-state index contributed by atoms with van der Waals surface area (Å²) in [6, 6.07) is 0. The molecule has 0 amide bonds. The van der Waals surface area contributed by atoms with E-state index >= 15 is 0 Å². The largest absolute Gasteiger partial charge is 0.522 e. The van der Waals surface area contributed by atoms with Crippen molar-refractivity contribution in [3.63, 3.8) is 0 Å². The Morgan fingerprint density at radius 3 is 2.17 bits per heavy atom. The Bertz CT molecular complexity index is 181. The van der Waals surface area contributed by atoms with Crippen LogP contribution in [0.25, 0.3) is 0 Å². The highest BCUT2D eigenvalue weighted by Gasteiger charge is 2.43. The Labute approximate surface area is 67.6 Å². The Morgan fingerprint density at radius 1 is 1.50 bits per heavy atom. The molecule has 0 bridgehead atoms. The number of ether oxygens (including phenoxy) is 1. The first-order chi connectivity index (χ1) is 5.15. The Morgan fingerprint density at radius 2 is 1.92 bits per heavy atom. The molecule has 72 valence electrons. The first-order valence-electron chi connectivity index (χ1n) is 3.00. The summed E-state index contributed by atoms with van der Waals surface area (Å²) in [5, 5.41) is 10.2. The second-order valence-corrected chi connectivity index (χ2v) is 7.08. The zero-order chi connectivity index (χ0) is 9.99. The van der Waals surface area contributed by atoms with E-state index in [1.54, 1.807) is 0 Å². The van der Waals surface area contributed by atoms with Crippen molar-refractivity contribution >= 4 is 8.24 Å². The van der Waals surface area contributed by atoms with Gasteiger partial charge in [-0.15, -0.1) is 13.2 Å². The van der Waals surface area contributed by atoms with Gasteiger partial charge in [-0.1, -0.05) is 4.59 Å². The van der Waals surface area contributed by atoms with Crippen LogP contribution >= 0.6 is 0 Å². The average molecular weight is 203 g/mol. The average Bonchev–Trinajstić information content (AvgIpc) is 1.82. The second-order valence-electron chi connectivity index (χ2n) is 2.80. The minimum atomic E-state index is -4.78. The first-order valence-corrected chi connectivity index (χ1v) is 6.16. The summed E-state index contributed by atoms with van der Waals surface area (Å²) in [6.45, 7) is 2.39. The molecular weight excluding hydrogens is 195 g/mol. The summed E-state index contributed by atoms with van der Waals surface area (Å²) in [5.74, 6) is 0. The molecule has 0 rings (SSSR count). The molecule has 8 heteroatoms. The fourth-order valence-corrected chi connectivity index (χ4v) is 0.933. The maximum atomic E-state index is 11.4. The van der Waals surface area contributed by atoms with Crippen LogP contribution < -0.4 is 0 Å². The van der Waals surface area contributed by atoms with Gasteiger partial charge in [0.25, 0.3) is 0 Å². The predicted octanol–water partition coefficient (Wildman–Crippen LogP) is 1.54. The van der Waals surface area contributed by atoms with Crippen molar-refractivity contribution in [1.82, 2.24) is 0 Å². The fourth-order valence-electron chi connectivity index (χ4n) is 0.311. The zero-order valence-electron chi connectivity index (χ0n) is 6.51. The number of rotatable bonds is 3. The molecule has 12 heavy (non-hydrogen) atoms. The topological polar surface area (TPSA) is 52.4 Å². The minimum Gasteiger partial charge on any atom is -0.289 e. The smallest absolute Gasteiger partial charge is 0.289 e. The third-order valence-corrected chi connectivity index (χ3v) is 2.92. The normalized spacial score (nSPS) is 13.1. The Kier molecular flexibility index (Phi) is 3.22. The van der Waals surface area contributed by atoms with Crippen molar-refractivity contribution in [2.75, 3.05) is 6.23 Å². The monoisotopic (exact) mass is 203 g/mol. The number of hydrogen-bond acceptors (Lipinski definition) is 3. The molecule has 0 aromatic heterocycles. The maximum Gasteiger partial charge on any atom is 0.522 e. The van der Waals surface area contributed by atoms with E-state index in [9.17, 15) is 23.3 Å². The Hall–Kier alpha value is -0.633. The standard InChI is InChI=1S/C4H8F3NO3Si/c1-12(2,8(9)10)3-11-4(5,6)7/h3H2,1-2H3. The molecule has 0 N–H and O–H groups in total. The molecule has 0 atom stereocenters. The number of nitrogens with zero attached hydrogens (tertiary/aromatic N) is 1. The van der Waals surface area contributed by atoms with Gasteiger partial charge < -0.3 is 0 Å². The number of alkyl halides is 3. The quantitative estimate of drug-likeness (QED) is 0.397. The molecule has 0 spiro atoms. The minimum absolute atomic E-state index is 0.682. The molecule has 0 heterocycles. The molecular formula is C4H8F3NO3Si. The van der Waals surface area contributed by atoms with Crippen LogP contribution in [0.4, 0.5) is 13.2 Å². The van der Waals surface area contributed by atoms with Gasteiger partial charge in [-0.2, -0.15) is 0 Å². The third kappa shape index (κ3) is 4.29. The van der Waals surface area contributed by atoms with E-state index in [0.717, 1.165) is 0 Å². The maximum absolute atomic E-state index is 11.4. The van der Waals surface area contributed by atoms with Crippen molar-refractivity contribution < 1.29 is 22.5 Å². The van der Waals surface area contributed by atoms with Crippen LogP contribution in [-0.4, -0.2) is 25.4 Å². The van der Waals surface area contributed by atoms with Gasteiger partial charge >= 0.3 is 14.6 Å². The summed E-state index contributed by atoms with van der Waals surface area (Å²) >= 11 is 0. The lowest BCUT2D eigenvalue weighted by Crippen LogP contribution is -2.44. The van der Waals surface area contributed by atoms with Crippen molar-refractivity contribution in [1.29, 1.82) is 0 Å². The van der Waals surface area contributed by atoms with E-state index < -0.39 is 25.4 Å². The molecule has 0 saturated carbocycles. The zero-order valence-corrected chi connectivity index (χ0v) is 7.51. The molecule has 0 aliphatic heterocycles. The number of halogens is 3. The van der Waals surface area contributed by atoms with Gasteiger partial charge in [0, 0.05) is 0 Å². The van der Waals surface area contributed by atoms with Gasteiger partial charge in [0.2, 0.25) is 0 Å². The van der Waals surface area contributed by atoms with Crippen molar-refractivity contribution in [3.05, 3.63) is 10.1 Å². The van der Waals surface area contributed by atoms with Gasteiger partial charge in [0.05, 0.1) is 0 Å². The van der Waals surface area contributed by atoms with Crippen molar-refractivity contribution in [3.8, 4) is 0 Å². The number of nitro groups is 1. The molecule has 0 saturated heterocycles. The van der Waals surface area contributed by atoms with Gasteiger partial charge in [0.1, 0.15) is 6.23 Å². The molecule has 0 radical (unpaired) electrons. The van der Waals surface area contributed by atoms with E-state index in [-0.39, 0.29) is 0 Å². The molecule has 0 aromatic rings. The molecule has 0 fully saturated rings. The van der Waals surface area contributed by atoms with Crippen LogP contribution in [0.2, 0.25) is 13.1 Å². The third-order valence-electron chi connectivity index (χ3n) is 1.08. The van der Waals surface area contributed by atoms with Crippen LogP contribution in [-0.2, 0) is 4.74 Å². The van der Waals surface area contributed by atoms with Crippen LogP contribution in [0.3, 0.4) is 0 Å². The van der Waals surface area contributed by atoms with E-state index in [1.165, 1.54) is 13.1 Å². The Balaban J connectivity index is 4.01. The lowest BCUT2D eigenvalue weighted by Gasteiger charge is -2.13. The first kappa shape index (κ1) is 11.4. The van der Waals surface area contributed by atoms with Crippen molar-refractivity contribution in [2.45, 2.75) is 19.5 Å². The molecule has 4 nitrogen and oxygen atoms in total. The number of hydrogen-bond donors (Lipinski definition) is 0. The predicted molar refractivity (Wildman–Crippen MR) is 36.5 cm³/mol. The van der Waals surface area contributed by atoms with E-state index in [2.05, 4.69) is 4.74 Å². The van der Waals surface area contributed by atoms with Crippen LogP contribution in [0, 0.1) is 10.1 Å². The summed E-state index contributed by atoms with van der Waals surface area (Å²) in [7, 11) is -3.11. The van der Waals surface area contributed by atoms with Crippen LogP contribution in [0.1, 0.15) is 0 Å². The lowest BCUT2D eigenvalue weighted by molar-refractivity contribution is -0.361. The van der Waals surface area contributed by atoms with Gasteiger partial charge in [-0.25, -0.2) is 0 Å². The molecule has 0 aliphatic carbocycles. The van der Waals surface area contributed by atoms with Crippen molar-refractivity contribution in [2.24, 2.45) is 0 Å². The summed E-state index contributed by atoms with van der Waals surface area (Å²) in [4.78, 5) is 10.2. The van der Waals surface area contributed by atoms with E-state index in [1.807, 2.05) is 0 Å². The van der Waals surface area contributed by atoms with Crippen LogP contribution in [0.15, 0.2) is 0 Å². The summed E-state index contributed by atoms with van der Waals surface area (Å²) in [5.41, 5.74) is 0. The second kappa shape index (κ2) is 3.40. The van der Waals surface area contributed by atoms with Gasteiger partial charge in [-0.05, 0) is 13.1 Å². The highest BCUT2D eigenvalue weighted by molar-refractivity contribution is 6.69. The van der Waals surface area contributed by atoms with Crippen LogP contribution in [0.5, 0.6) is 0 Å². The summed E-state index contributed by atoms with van der Waals surface area (Å²) in [6.07, 6.45) is -5.62. The fraction of sp³-hybridized carbons (Fsp3) is 1.00. The SMILES string of the molecule is C[Si](C)(COC(F)(F)F)[N+](=O)[O-]. The molecule has 0 unspecified atom stereocenters. The summed E-state index contributed by atoms with van der Waals surface area (Å²) < 4.78 is 37.0. The molecule has 0 aliphatic rings. The highest BCUT2D eigenvalue weighted by Crippen LogP contribution is 2.18. The van der Waals surface area contributed by atoms with Gasteiger partial charge in [0.15, 0.2) is 0 Å². The van der Waals surface area contributed by atoms with E-state index in [4.69, 9.17) is 0 Å². The van der Waals surface area contributed by atoms with Gasteiger partial charge in [-0.3, -0.25) is 14.9 Å².